The van der Waals surface area contributed by atoms with E-state index in [1.165, 1.54) is 10.8 Å². The second kappa shape index (κ2) is 5.24. The molecule has 0 radical (unpaired) electrons. The summed E-state index contributed by atoms with van der Waals surface area (Å²) in [5, 5.41) is 2.40. The van der Waals surface area contributed by atoms with Gasteiger partial charge in [0.05, 0.1) is 0 Å². The van der Waals surface area contributed by atoms with Crippen molar-refractivity contribution in [3.63, 3.8) is 0 Å². The lowest BCUT2D eigenvalue weighted by atomic mass is 9.77. The highest BCUT2D eigenvalue weighted by Gasteiger charge is 2.19. The first-order valence-electron chi connectivity index (χ1n) is 6.03. The Balaban J connectivity index is 2.35. The lowest BCUT2D eigenvalue weighted by Crippen LogP contribution is -2.37. The summed E-state index contributed by atoms with van der Waals surface area (Å²) in [5.41, 5.74) is 0. The Labute approximate surface area is 103 Å². The van der Waals surface area contributed by atoms with Gasteiger partial charge in [-0.2, -0.15) is 0 Å². The van der Waals surface area contributed by atoms with Crippen molar-refractivity contribution in [3.05, 3.63) is 42.5 Å². The molecule has 0 atom stereocenters. The SMILES string of the molecule is CCB(Oc1cccc2ccccc12)N(C)C. The zero-order chi connectivity index (χ0) is 12.3. The van der Waals surface area contributed by atoms with Crippen LogP contribution < -0.4 is 4.65 Å². The van der Waals surface area contributed by atoms with Crippen LogP contribution in [0.4, 0.5) is 0 Å². The highest BCUT2D eigenvalue weighted by Crippen LogP contribution is 2.26. The maximum Gasteiger partial charge on any atom is 0.448 e. The number of hydrogen-bond donors (Lipinski definition) is 0. The predicted molar refractivity (Wildman–Crippen MR) is 74.5 cm³/mol. The third kappa shape index (κ3) is 2.61. The fourth-order valence-electron chi connectivity index (χ4n) is 2.00. The first-order valence-corrected chi connectivity index (χ1v) is 6.03. The van der Waals surface area contributed by atoms with E-state index in [0.717, 1.165) is 12.1 Å². The van der Waals surface area contributed by atoms with Gasteiger partial charge in [-0.3, -0.25) is 0 Å². The summed E-state index contributed by atoms with van der Waals surface area (Å²) in [7, 11) is 4.21. The smallest absolute Gasteiger partial charge is 0.448 e. The minimum atomic E-state index is 0.126. The van der Waals surface area contributed by atoms with Crippen LogP contribution in [0.3, 0.4) is 0 Å². The van der Waals surface area contributed by atoms with Crippen molar-refractivity contribution in [2.45, 2.75) is 13.2 Å². The molecule has 88 valence electrons. The summed E-state index contributed by atoms with van der Waals surface area (Å²) in [4.78, 5) is 2.10. The third-order valence-electron chi connectivity index (χ3n) is 2.94. The monoisotopic (exact) mass is 227 g/mol. The van der Waals surface area contributed by atoms with Crippen molar-refractivity contribution in [2.75, 3.05) is 14.1 Å². The molecule has 0 heterocycles. The summed E-state index contributed by atoms with van der Waals surface area (Å²) in [5.74, 6) is 0.962. The molecule has 0 unspecified atom stereocenters. The summed E-state index contributed by atoms with van der Waals surface area (Å²) in [6.45, 7) is 2.13. The van der Waals surface area contributed by atoms with E-state index in [0.29, 0.717) is 0 Å². The number of nitrogens with zero attached hydrogens (tertiary/aromatic N) is 1. The molecule has 0 saturated carbocycles. The van der Waals surface area contributed by atoms with Gasteiger partial charge in [-0.05, 0) is 31.9 Å². The highest BCUT2D eigenvalue weighted by atomic mass is 16.4. The fraction of sp³-hybridized carbons (Fsp3) is 0.286. The second-order valence-corrected chi connectivity index (χ2v) is 4.42. The van der Waals surface area contributed by atoms with Crippen molar-refractivity contribution < 1.29 is 4.65 Å². The Hall–Kier alpha value is -1.48. The van der Waals surface area contributed by atoms with Gasteiger partial charge in [-0.25, -0.2) is 0 Å². The Morgan fingerprint density at radius 1 is 1.06 bits per heavy atom. The second-order valence-electron chi connectivity index (χ2n) is 4.42. The molecule has 0 amide bonds. The van der Waals surface area contributed by atoms with Crippen LogP contribution in [0.1, 0.15) is 6.92 Å². The molecule has 0 aliphatic carbocycles. The first kappa shape index (κ1) is 12.0. The molecule has 0 bridgehead atoms. The molecule has 3 heteroatoms. The van der Waals surface area contributed by atoms with Gasteiger partial charge in [0.2, 0.25) is 0 Å². The van der Waals surface area contributed by atoms with Crippen LogP contribution in [-0.2, 0) is 0 Å². The van der Waals surface area contributed by atoms with Crippen LogP contribution in [0.5, 0.6) is 5.75 Å². The van der Waals surface area contributed by atoms with Crippen LogP contribution in [0, 0.1) is 0 Å². The number of benzene rings is 2. The van der Waals surface area contributed by atoms with Crippen molar-refractivity contribution >= 4 is 17.8 Å². The molecule has 2 nitrogen and oxygen atoms in total. The molecule has 2 aromatic carbocycles. The van der Waals surface area contributed by atoms with E-state index >= 15 is 0 Å². The molecule has 0 N–H and O–H groups in total. The highest BCUT2D eigenvalue weighted by molar-refractivity contribution is 6.49. The van der Waals surface area contributed by atoms with E-state index in [1.807, 2.05) is 32.3 Å². The molecule has 0 aromatic heterocycles. The topological polar surface area (TPSA) is 12.5 Å². The van der Waals surface area contributed by atoms with Gasteiger partial charge in [-0.15, -0.1) is 0 Å². The van der Waals surface area contributed by atoms with Gasteiger partial charge in [0.25, 0.3) is 0 Å². The quantitative estimate of drug-likeness (QED) is 0.743. The molecular formula is C14H18BNO. The Bertz CT molecular complexity index is 493. The van der Waals surface area contributed by atoms with Crippen LogP contribution >= 0.6 is 0 Å². The molecule has 0 spiro atoms. The molecule has 2 aromatic rings. The van der Waals surface area contributed by atoms with E-state index in [1.54, 1.807) is 0 Å². The molecule has 0 aliphatic rings. The van der Waals surface area contributed by atoms with Gasteiger partial charge >= 0.3 is 7.05 Å². The maximum absolute atomic E-state index is 6.06. The van der Waals surface area contributed by atoms with Crippen LogP contribution in [0.15, 0.2) is 42.5 Å². The van der Waals surface area contributed by atoms with E-state index in [-0.39, 0.29) is 7.05 Å². The lowest BCUT2D eigenvalue weighted by Gasteiger charge is -2.21. The van der Waals surface area contributed by atoms with Gasteiger partial charge in [0.15, 0.2) is 0 Å². The standard InChI is InChI=1S/C14H18BNO/c1-4-15(16(2)3)17-14-11-7-9-12-8-5-6-10-13(12)14/h5-11H,4H2,1-3H3. The zero-order valence-electron chi connectivity index (χ0n) is 10.7. The number of rotatable bonds is 4. The largest absolute Gasteiger partial charge is 0.545 e. The third-order valence-corrected chi connectivity index (χ3v) is 2.94. The van der Waals surface area contributed by atoms with Gasteiger partial charge in [-0.1, -0.05) is 43.3 Å². The maximum atomic E-state index is 6.06. The summed E-state index contributed by atoms with van der Waals surface area (Å²) < 4.78 is 6.06. The van der Waals surface area contributed by atoms with Gasteiger partial charge in [0.1, 0.15) is 5.75 Å². The summed E-state index contributed by atoms with van der Waals surface area (Å²) in [6.07, 6.45) is 0.968. The van der Waals surface area contributed by atoms with E-state index in [4.69, 9.17) is 4.65 Å². The number of fused-ring (bicyclic) bond motifs is 1. The van der Waals surface area contributed by atoms with Crippen LogP contribution in [0.25, 0.3) is 10.8 Å². The summed E-state index contributed by atoms with van der Waals surface area (Å²) in [6, 6.07) is 14.5. The van der Waals surface area contributed by atoms with Crippen molar-refractivity contribution in [1.82, 2.24) is 4.81 Å². The molecule has 0 aliphatic heterocycles. The van der Waals surface area contributed by atoms with Crippen molar-refractivity contribution in [2.24, 2.45) is 0 Å². The molecule has 2 rings (SSSR count). The van der Waals surface area contributed by atoms with E-state index in [2.05, 4.69) is 36.0 Å². The van der Waals surface area contributed by atoms with E-state index < -0.39 is 0 Å². The Kier molecular flexibility index (Phi) is 3.69. The predicted octanol–water partition coefficient (Wildman–Crippen LogP) is 3.29. The van der Waals surface area contributed by atoms with Crippen molar-refractivity contribution in [3.8, 4) is 5.75 Å². The van der Waals surface area contributed by atoms with Crippen LogP contribution in [-0.4, -0.2) is 26.0 Å². The van der Waals surface area contributed by atoms with Crippen LogP contribution in [0.2, 0.25) is 6.32 Å². The lowest BCUT2D eigenvalue weighted by molar-refractivity contribution is 0.470. The van der Waals surface area contributed by atoms with Gasteiger partial charge < -0.3 is 9.47 Å². The number of hydrogen-bond acceptors (Lipinski definition) is 2. The van der Waals surface area contributed by atoms with E-state index in [9.17, 15) is 0 Å². The fourth-order valence-corrected chi connectivity index (χ4v) is 2.00. The molecular weight excluding hydrogens is 209 g/mol. The first-order chi connectivity index (χ1) is 8.22. The van der Waals surface area contributed by atoms with Gasteiger partial charge in [0, 0.05) is 5.39 Å². The summed E-state index contributed by atoms with van der Waals surface area (Å²) >= 11 is 0. The minimum absolute atomic E-state index is 0.126. The Morgan fingerprint density at radius 2 is 1.76 bits per heavy atom. The Morgan fingerprint density at radius 3 is 2.47 bits per heavy atom. The normalized spacial score (nSPS) is 10.8. The molecule has 0 saturated heterocycles. The molecule has 0 fully saturated rings. The zero-order valence-corrected chi connectivity index (χ0v) is 10.7. The average molecular weight is 227 g/mol. The minimum Gasteiger partial charge on any atom is -0.545 e. The molecule has 17 heavy (non-hydrogen) atoms. The van der Waals surface area contributed by atoms with Crippen molar-refractivity contribution in [1.29, 1.82) is 0 Å². The average Bonchev–Trinajstić information content (AvgIpc) is 2.35.